The highest BCUT2D eigenvalue weighted by Crippen LogP contribution is 2.36. The number of ether oxygens (including phenoxy) is 1. The third-order valence-electron chi connectivity index (χ3n) is 5.66. The minimum atomic E-state index is 0.101. The van der Waals surface area contributed by atoms with Gasteiger partial charge in [-0.1, -0.05) is 53.8 Å². The number of para-hydroxylation sites is 1. The van der Waals surface area contributed by atoms with Gasteiger partial charge in [-0.3, -0.25) is 9.69 Å². The summed E-state index contributed by atoms with van der Waals surface area (Å²) in [5, 5.41) is 13.9. The lowest BCUT2D eigenvalue weighted by Crippen LogP contribution is -2.41. The van der Waals surface area contributed by atoms with Crippen LogP contribution in [0, 0.1) is 0 Å². The highest BCUT2D eigenvalue weighted by atomic mass is 32.1. The fourth-order valence-corrected chi connectivity index (χ4v) is 4.96. The first-order valence-electron chi connectivity index (χ1n) is 10.7. The first kappa shape index (κ1) is 21.5. The molecule has 6 nitrogen and oxygen atoms in total. The zero-order valence-electron chi connectivity index (χ0n) is 17.8. The predicted molar refractivity (Wildman–Crippen MR) is 123 cm³/mol. The van der Waals surface area contributed by atoms with Gasteiger partial charge in [0.15, 0.2) is 5.01 Å². The van der Waals surface area contributed by atoms with Crippen LogP contribution in [-0.4, -0.2) is 54.3 Å². The fraction of sp³-hybridized carbons (Fsp3) is 0.375. The van der Waals surface area contributed by atoms with Crippen molar-refractivity contribution in [3.05, 3.63) is 65.2 Å². The lowest BCUT2D eigenvalue weighted by atomic mass is 9.98. The third kappa shape index (κ3) is 5.68. The predicted octanol–water partition coefficient (Wildman–Crippen LogP) is 3.75. The summed E-state index contributed by atoms with van der Waals surface area (Å²) in [5.74, 6) is 1.32. The molecule has 1 amide bonds. The zero-order chi connectivity index (χ0) is 21.5. The molecule has 1 N–H and O–H groups in total. The number of likely N-dealkylation sites (tertiary alicyclic amines) is 1. The van der Waals surface area contributed by atoms with Gasteiger partial charge in [0.2, 0.25) is 5.91 Å². The number of benzene rings is 2. The second-order valence-corrected chi connectivity index (χ2v) is 8.79. The van der Waals surface area contributed by atoms with Crippen molar-refractivity contribution in [3.63, 3.8) is 0 Å². The quantitative estimate of drug-likeness (QED) is 0.583. The molecule has 162 valence electrons. The standard InChI is InChI=1S/C24H28N4O2S/c1-30-21-10-6-5-9-20(21)24-27-26-23(31-24)19-12-15-28(16-13-19)17-22(29)25-14-11-18-7-3-2-4-8-18/h2-10,19H,11-17H2,1H3,(H,25,29). The van der Waals surface area contributed by atoms with Crippen LogP contribution in [0.2, 0.25) is 0 Å². The molecule has 0 saturated carbocycles. The van der Waals surface area contributed by atoms with E-state index >= 15 is 0 Å². The molecule has 0 unspecified atom stereocenters. The molecule has 1 saturated heterocycles. The summed E-state index contributed by atoms with van der Waals surface area (Å²) in [4.78, 5) is 14.5. The van der Waals surface area contributed by atoms with E-state index in [2.05, 4.69) is 32.5 Å². The van der Waals surface area contributed by atoms with Crippen molar-refractivity contribution >= 4 is 17.2 Å². The van der Waals surface area contributed by atoms with Gasteiger partial charge in [-0.2, -0.15) is 0 Å². The van der Waals surface area contributed by atoms with E-state index in [9.17, 15) is 4.79 Å². The molecule has 1 aliphatic heterocycles. The van der Waals surface area contributed by atoms with Crippen LogP contribution in [0.4, 0.5) is 0 Å². The third-order valence-corrected chi connectivity index (χ3v) is 6.78. The molecule has 0 atom stereocenters. The van der Waals surface area contributed by atoms with Crippen LogP contribution in [0.25, 0.3) is 10.6 Å². The van der Waals surface area contributed by atoms with Gasteiger partial charge in [-0.15, -0.1) is 10.2 Å². The Morgan fingerprint density at radius 1 is 1.10 bits per heavy atom. The number of methoxy groups -OCH3 is 1. The molecule has 0 aliphatic carbocycles. The number of rotatable bonds is 8. The second-order valence-electron chi connectivity index (χ2n) is 7.78. The normalized spacial score (nSPS) is 15.0. The van der Waals surface area contributed by atoms with Crippen LogP contribution >= 0.6 is 11.3 Å². The Hall–Kier alpha value is -2.77. The van der Waals surface area contributed by atoms with E-state index in [1.54, 1.807) is 18.4 Å². The van der Waals surface area contributed by atoms with E-state index in [0.29, 0.717) is 19.0 Å². The first-order valence-corrected chi connectivity index (χ1v) is 11.5. The van der Waals surface area contributed by atoms with Crippen molar-refractivity contribution in [3.8, 4) is 16.3 Å². The van der Waals surface area contributed by atoms with Crippen molar-refractivity contribution in [1.82, 2.24) is 20.4 Å². The SMILES string of the molecule is COc1ccccc1-c1nnc(C2CCN(CC(=O)NCCc3ccccc3)CC2)s1. The van der Waals surface area contributed by atoms with Crippen LogP contribution < -0.4 is 10.1 Å². The molecule has 0 spiro atoms. The fourth-order valence-electron chi connectivity index (χ4n) is 3.92. The summed E-state index contributed by atoms with van der Waals surface area (Å²) in [7, 11) is 1.67. The summed E-state index contributed by atoms with van der Waals surface area (Å²) in [6.07, 6.45) is 2.86. The van der Waals surface area contributed by atoms with E-state index in [0.717, 1.165) is 53.7 Å². The number of carbonyl (C=O) groups excluding carboxylic acids is 1. The van der Waals surface area contributed by atoms with Gasteiger partial charge in [0.25, 0.3) is 0 Å². The molecule has 1 fully saturated rings. The minimum absolute atomic E-state index is 0.101. The molecule has 31 heavy (non-hydrogen) atoms. The Balaban J connectivity index is 1.23. The Morgan fingerprint density at radius 3 is 2.61 bits per heavy atom. The van der Waals surface area contributed by atoms with Crippen molar-refractivity contribution in [1.29, 1.82) is 0 Å². The van der Waals surface area contributed by atoms with Crippen LogP contribution in [0.1, 0.15) is 29.3 Å². The number of hydrogen-bond donors (Lipinski definition) is 1. The number of aromatic nitrogens is 2. The van der Waals surface area contributed by atoms with Gasteiger partial charge in [0.1, 0.15) is 10.8 Å². The van der Waals surface area contributed by atoms with Crippen molar-refractivity contribution in [2.75, 3.05) is 33.3 Å². The number of hydrogen-bond acceptors (Lipinski definition) is 6. The molecular weight excluding hydrogens is 408 g/mol. The Bertz CT molecular complexity index is 984. The second kappa shape index (κ2) is 10.5. The average molecular weight is 437 g/mol. The number of nitrogens with one attached hydrogen (secondary N) is 1. The highest BCUT2D eigenvalue weighted by Gasteiger charge is 2.25. The van der Waals surface area contributed by atoms with Gasteiger partial charge < -0.3 is 10.1 Å². The molecule has 0 bridgehead atoms. The van der Waals surface area contributed by atoms with Gasteiger partial charge >= 0.3 is 0 Å². The lowest BCUT2D eigenvalue weighted by molar-refractivity contribution is -0.122. The minimum Gasteiger partial charge on any atom is -0.496 e. The van der Waals surface area contributed by atoms with E-state index in [4.69, 9.17) is 4.74 Å². The molecule has 2 heterocycles. The van der Waals surface area contributed by atoms with Gasteiger partial charge in [-0.25, -0.2) is 0 Å². The lowest BCUT2D eigenvalue weighted by Gasteiger charge is -2.30. The average Bonchev–Trinajstić information content (AvgIpc) is 3.30. The largest absolute Gasteiger partial charge is 0.496 e. The Labute approximate surface area is 187 Å². The summed E-state index contributed by atoms with van der Waals surface area (Å²) in [6, 6.07) is 18.1. The van der Waals surface area contributed by atoms with Gasteiger partial charge in [-0.05, 0) is 50.0 Å². The molecule has 1 aliphatic rings. The summed E-state index contributed by atoms with van der Waals surface area (Å²) < 4.78 is 5.45. The van der Waals surface area contributed by atoms with Crippen LogP contribution in [0.5, 0.6) is 5.75 Å². The van der Waals surface area contributed by atoms with Crippen molar-refractivity contribution < 1.29 is 9.53 Å². The number of nitrogens with zero attached hydrogens (tertiary/aromatic N) is 3. The Morgan fingerprint density at radius 2 is 1.84 bits per heavy atom. The van der Waals surface area contributed by atoms with E-state index in [1.165, 1.54) is 5.56 Å². The molecule has 4 rings (SSSR count). The number of carbonyl (C=O) groups is 1. The summed E-state index contributed by atoms with van der Waals surface area (Å²) in [6.45, 7) is 2.95. The number of amides is 1. The molecule has 2 aromatic carbocycles. The summed E-state index contributed by atoms with van der Waals surface area (Å²) >= 11 is 1.65. The molecule has 0 radical (unpaired) electrons. The maximum absolute atomic E-state index is 12.3. The van der Waals surface area contributed by atoms with E-state index < -0.39 is 0 Å². The summed E-state index contributed by atoms with van der Waals surface area (Å²) in [5.41, 5.74) is 2.23. The zero-order valence-corrected chi connectivity index (χ0v) is 18.6. The number of piperidine rings is 1. The van der Waals surface area contributed by atoms with Gasteiger partial charge in [0.05, 0.1) is 19.2 Å². The topological polar surface area (TPSA) is 67.4 Å². The Kier molecular flexibility index (Phi) is 7.27. The highest BCUT2D eigenvalue weighted by molar-refractivity contribution is 7.14. The smallest absolute Gasteiger partial charge is 0.234 e. The monoisotopic (exact) mass is 436 g/mol. The van der Waals surface area contributed by atoms with Crippen LogP contribution in [0.15, 0.2) is 54.6 Å². The van der Waals surface area contributed by atoms with Crippen molar-refractivity contribution in [2.45, 2.75) is 25.2 Å². The van der Waals surface area contributed by atoms with E-state index in [1.807, 2.05) is 42.5 Å². The molecular formula is C24H28N4O2S. The van der Waals surface area contributed by atoms with Crippen molar-refractivity contribution in [2.24, 2.45) is 0 Å². The van der Waals surface area contributed by atoms with Crippen LogP contribution in [0.3, 0.4) is 0 Å². The molecule has 1 aromatic heterocycles. The molecule has 3 aromatic rings. The maximum Gasteiger partial charge on any atom is 0.234 e. The van der Waals surface area contributed by atoms with E-state index in [-0.39, 0.29) is 5.91 Å². The van der Waals surface area contributed by atoms with Crippen LogP contribution in [-0.2, 0) is 11.2 Å². The maximum atomic E-state index is 12.3. The molecule has 7 heteroatoms. The van der Waals surface area contributed by atoms with Gasteiger partial charge in [0, 0.05) is 12.5 Å². The first-order chi connectivity index (χ1) is 15.2.